The predicted octanol–water partition coefficient (Wildman–Crippen LogP) is 1.70. The van der Waals surface area contributed by atoms with Crippen LogP contribution in [0.15, 0.2) is 53.5 Å². The normalized spacial score (nSPS) is 13.5. The average molecular weight is 242 g/mol. The van der Waals surface area contributed by atoms with E-state index in [0.29, 0.717) is 16.0 Å². The minimum absolute atomic E-state index is 0.200. The summed E-state index contributed by atoms with van der Waals surface area (Å²) in [5, 5.41) is 2.10. The Morgan fingerprint density at radius 3 is 2.53 bits per heavy atom. The van der Waals surface area contributed by atoms with Gasteiger partial charge in [0, 0.05) is 10.2 Å². The van der Waals surface area contributed by atoms with Crippen LogP contribution in [0.25, 0.3) is 5.57 Å². The van der Waals surface area contributed by atoms with E-state index in [0.717, 1.165) is 10.8 Å². The molecule has 17 heavy (non-hydrogen) atoms. The number of amides is 1. The van der Waals surface area contributed by atoms with Crippen LogP contribution in [0.2, 0.25) is 5.02 Å². The summed E-state index contributed by atoms with van der Waals surface area (Å²) in [6.07, 6.45) is 0. The third-order valence-corrected chi connectivity index (χ3v) is 2.96. The van der Waals surface area contributed by atoms with E-state index in [9.17, 15) is 4.79 Å². The quantitative estimate of drug-likeness (QED) is 0.747. The highest BCUT2D eigenvalue weighted by Crippen LogP contribution is 2.14. The summed E-state index contributed by atoms with van der Waals surface area (Å²) in [6.45, 7) is 0. The molecule has 0 aliphatic carbocycles. The van der Waals surface area contributed by atoms with Crippen LogP contribution < -0.4 is 10.6 Å². The number of halogens is 1. The van der Waals surface area contributed by atoms with Gasteiger partial charge in [0.05, 0.1) is 10.9 Å². The zero-order valence-electron chi connectivity index (χ0n) is 8.85. The average Bonchev–Trinajstić information content (AvgIpc) is 2.65. The van der Waals surface area contributed by atoms with E-state index in [1.807, 2.05) is 36.4 Å². The molecule has 0 unspecified atom stereocenters. The highest BCUT2D eigenvalue weighted by atomic mass is 35.5. The van der Waals surface area contributed by atoms with Gasteiger partial charge in [-0.05, 0) is 17.7 Å². The lowest BCUT2D eigenvalue weighted by Gasteiger charge is -1.98. The van der Waals surface area contributed by atoms with Crippen molar-refractivity contribution < 1.29 is 4.79 Å². The summed E-state index contributed by atoms with van der Waals surface area (Å²) in [5.41, 5.74) is 1.54. The number of carbonyl (C=O) groups excluding carboxylic acids is 1. The molecule has 3 rings (SSSR count). The summed E-state index contributed by atoms with van der Waals surface area (Å²) >= 11 is 5.88. The minimum atomic E-state index is -0.200. The first-order valence-corrected chi connectivity index (χ1v) is 5.62. The first kappa shape index (κ1) is 10.2. The Bertz CT molecular complexity index is 720. The Balaban J connectivity index is 2.37. The number of carbonyl (C=O) groups is 1. The Hall–Kier alpha value is -1.93. The molecule has 1 amide bonds. The van der Waals surface area contributed by atoms with Gasteiger partial charge in [-0.1, -0.05) is 48.0 Å². The van der Waals surface area contributed by atoms with E-state index < -0.39 is 0 Å². The molecule has 2 aromatic rings. The molecule has 82 valence electrons. The van der Waals surface area contributed by atoms with E-state index in [2.05, 4.69) is 4.99 Å². The highest BCUT2D eigenvalue weighted by Gasteiger charge is 2.17. The molecular weight excluding hydrogens is 234 g/mol. The van der Waals surface area contributed by atoms with E-state index in [1.54, 1.807) is 12.1 Å². The van der Waals surface area contributed by atoms with Gasteiger partial charge in [-0.15, -0.1) is 0 Å². The maximum atomic E-state index is 11.9. The molecule has 0 bridgehead atoms. The second-order valence-corrected chi connectivity index (χ2v) is 4.26. The van der Waals surface area contributed by atoms with Crippen LogP contribution in [0, 0.1) is 0 Å². The van der Waals surface area contributed by atoms with Gasteiger partial charge < -0.3 is 0 Å². The van der Waals surface area contributed by atoms with Crippen molar-refractivity contribution in [2.24, 2.45) is 4.99 Å². The number of hydrogen-bond donors (Lipinski definition) is 0. The van der Waals surface area contributed by atoms with Crippen LogP contribution in [0.1, 0.15) is 5.56 Å². The predicted molar refractivity (Wildman–Crippen MR) is 66.2 cm³/mol. The van der Waals surface area contributed by atoms with Gasteiger partial charge in [0.2, 0.25) is 0 Å². The fourth-order valence-electron chi connectivity index (χ4n) is 1.97. The van der Waals surface area contributed by atoms with Crippen LogP contribution in [0.5, 0.6) is 0 Å². The second kappa shape index (κ2) is 3.82. The fraction of sp³-hybridized carbons (Fsp3) is 0. The molecule has 0 spiro atoms. The van der Waals surface area contributed by atoms with E-state index in [-0.39, 0.29) is 5.91 Å². The lowest BCUT2D eigenvalue weighted by atomic mass is 10.0. The third-order valence-electron chi connectivity index (χ3n) is 2.73. The first-order chi connectivity index (χ1) is 8.25. The summed E-state index contributed by atoms with van der Waals surface area (Å²) in [6, 6.07) is 14.9. The monoisotopic (exact) mass is 241 g/mol. The topological polar surface area (TPSA) is 29.4 Å². The van der Waals surface area contributed by atoms with Crippen molar-refractivity contribution in [1.82, 2.24) is 0 Å². The summed E-state index contributed by atoms with van der Waals surface area (Å²) in [5.74, 6) is -0.200. The van der Waals surface area contributed by atoms with Crippen molar-refractivity contribution in [1.29, 1.82) is 0 Å². The van der Waals surface area contributed by atoms with Crippen LogP contribution in [0.3, 0.4) is 0 Å². The van der Waals surface area contributed by atoms with Crippen molar-refractivity contribution in [3.05, 3.63) is 69.7 Å². The summed E-state index contributed by atoms with van der Waals surface area (Å²) in [4.78, 5) is 15.9. The lowest BCUT2D eigenvalue weighted by molar-refractivity contribution is -0.112. The summed E-state index contributed by atoms with van der Waals surface area (Å²) < 4.78 is 0. The molecule has 0 radical (unpaired) electrons. The molecule has 0 aromatic heterocycles. The Morgan fingerprint density at radius 1 is 1.00 bits per heavy atom. The van der Waals surface area contributed by atoms with E-state index >= 15 is 0 Å². The zero-order chi connectivity index (χ0) is 11.8. The van der Waals surface area contributed by atoms with E-state index in [1.165, 1.54) is 0 Å². The molecule has 1 aliphatic rings. The molecule has 3 heteroatoms. The zero-order valence-corrected chi connectivity index (χ0v) is 9.61. The number of fused-ring (bicyclic) bond motifs is 1. The number of benzene rings is 2. The SMILES string of the molecule is O=C1N=c2cc(Cl)ccc2=C1c1ccccc1. The van der Waals surface area contributed by atoms with Crippen molar-refractivity contribution in [2.75, 3.05) is 0 Å². The Morgan fingerprint density at radius 2 is 1.76 bits per heavy atom. The molecule has 0 fully saturated rings. The first-order valence-electron chi connectivity index (χ1n) is 5.24. The molecule has 2 nitrogen and oxygen atoms in total. The molecular formula is C14H8ClNO. The van der Waals surface area contributed by atoms with E-state index in [4.69, 9.17) is 11.6 Å². The number of hydrogen-bond acceptors (Lipinski definition) is 1. The van der Waals surface area contributed by atoms with Crippen LogP contribution in [0.4, 0.5) is 0 Å². The van der Waals surface area contributed by atoms with Crippen molar-refractivity contribution in [3.8, 4) is 0 Å². The number of rotatable bonds is 1. The van der Waals surface area contributed by atoms with Gasteiger partial charge in [-0.2, -0.15) is 0 Å². The third kappa shape index (κ3) is 1.67. The largest absolute Gasteiger partial charge is 0.278 e. The molecule has 2 aromatic carbocycles. The van der Waals surface area contributed by atoms with Gasteiger partial charge >= 0.3 is 0 Å². The standard InChI is InChI=1S/C14H8ClNO/c15-10-6-7-11-12(8-10)16-14(17)13(11)9-4-2-1-3-5-9/h1-8H. The second-order valence-electron chi connectivity index (χ2n) is 3.82. The molecule has 0 atom stereocenters. The molecule has 1 aliphatic heterocycles. The fourth-order valence-corrected chi connectivity index (χ4v) is 2.14. The summed E-state index contributed by atoms with van der Waals surface area (Å²) in [7, 11) is 0. The van der Waals surface area contributed by atoms with Gasteiger partial charge in [0.25, 0.3) is 5.91 Å². The molecule has 0 saturated carbocycles. The van der Waals surface area contributed by atoms with Gasteiger partial charge in [0.15, 0.2) is 0 Å². The van der Waals surface area contributed by atoms with Crippen LogP contribution >= 0.6 is 11.6 Å². The van der Waals surface area contributed by atoms with Crippen molar-refractivity contribution in [3.63, 3.8) is 0 Å². The van der Waals surface area contributed by atoms with Crippen LogP contribution in [-0.2, 0) is 4.79 Å². The lowest BCUT2D eigenvalue weighted by Crippen LogP contribution is -2.22. The maximum Gasteiger partial charge on any atom is 0.278 e. The minimum Gasteiger partial charge on any atom is -0.267 e. The van der Waals surface area contributed by atoms with Gasteiger partial charge in [0.1, 0.15) is 0 Å². The number of nitrogens with zero attached hydrogens (tertiary/aromatic N) is 1. The molecule has 1 heterocycles. The Labute approximate surface area is 103 Å². The van der Waals surface area contributed by atoms with Gasteiger partial charge in [-0.3, -0.25) is 4.79 Å². The van der Waals surface area contributed by atoms with Crippen LogP contribution in [-0.4, -0.2) is 5.91 Å². The van der Waals surface area contributed by atoms with Crippen molar-refractivity contribution >= 4 is 23.1 Å². The highest BCUT2D eigenvalue weighted by molar-refractivity contribution is 6.30. The molecule has 0 saturated heterocycles. The molecule has 0 N–H and O–H groups in total. The maximum absolute atomic E-state index is 11.9. The Kier molecular flexibility index (Phi) is 2.30. The smallest absolute Gasteiger partial charge is 0.267 e. The van der Waals surface area contributed by atoms with Gasteiger partial charge in [-0.25, -0.2) is 4.99 Å². The van der Waals surface area contributed by atoms with Crippen molar-refractivity contribution in [2.45, 2.75) is 0 Å².